The van der Waals surface area contributed by atoms with Crippen LogP contribution in [0.25, 0.3) is 11.1 Å². The Morgan fingerprint density at radius 1 is 1.02 bits per heavy atom. The molecule has 2 aromatic carbocycles. The minimum Gasteiger partial charge on any atom is -0.479 e. The summed E-state index contributed by atoms with van der Waals surface area (Å²) in [6.07, 6.45) is 1.66. The first kappa shape index (κ1) is 33.0. The molecule has 5 rings (SSSR count). The number of carboxylic acid groups (broad SMARTS) is 1. The number of aliphatic carboxylic acids is 1. The van der Waals surface area contributed by atoms with Gasteiger partial charge in [0.25, 0.3) is 0 Å². The maximum atomic E-state index is 14.1. The van der Waals surface area contributed by atoms with Crippen LogP contribution in [0.4, 0.5) is 14.5 Å². The van der Waals surface area contributed by atoms with Gasteiger partial charge in [-0.3, -0.25) is 9.88 Å². The summed E-state index contributed by atoms with van der Waals surface area (Å²) < 4.78 is 34.1. The van der Waals surface area contributed by atoms with Gasteiger partial charge in [-0.15, -0.1) is 0 Å². The van der Waals surface area contributed by atoms with Gasteiger partial charge in [0, 0.05) is 55.2 Å². The summed E-state index contributed by atoms with van der Waals surface area (Å²) in [6, 6.07) is 9.51. The molecule has 1 aromatic heterocycles. The Morgan fingerprint density at radius 3 is 2.33 bits per heavy atom. The molecule has 0 bridgehead atoms. The number of carbonyl (C=O) groups is 1. The van der Waals surface area contributed by atoms with Crippen molar-refractivity contribution in [3.63, 3.8) is 0 Å². The maximum absolute atomic E-state index is 14.1. The van der Waals surface area contributed by atoms with E-state index in [1.165, 1.54) is 17.2 Å². The number of halogens is 2. The second kappa shape index (κ2) is 12.4. The van der Waals surface area contributed by atoms with Gasteiger partial charge >= 0.3 is 5.97 Å². The molecule has 2 aliphatic rings. The van der Waals surface area contributed by atoms with Crippen LogP contribution in [0.15, 0.2) is 30.3 Å². The summed E-state index contributed by atoms with van der Waals surface area (Å²) >= 11 is 0. The number of hydrogen-bond donors (Lipinski definition) is 1. The molecular formula is C37H47F2N3O3. The topological polar surface area (TPSA) is 65.9 Å². The standard InChI is InChI=1S/C37H47F2N3O3/c1-22-17-25(18-29(38)32(22)39)20-41-14-11-26-19-27(9-10-28(26)21-41)30-23(2)40-24(3)31(34(35(43)44)45-36(4,5)6)33(30)42-15-12-37(7,8)13-16-42/h9-10,17-19,34H,11-16,20-21H2,1-8H3,(H,43,44)/t34-/m0/s1. The molecule has 0 aliphatic carbocycles. The van der Waals surface area contributed by atoms with Crippen LogP contribution in [0.2, 0.25) is 0 Å². The minimum absolute atomic E-state index is 0.220. The third-order valence-electron chi connectivity index (χ3n) is 9.23. The number of anilines is 1. The summed E-state index contributed by atoms with van der Waals surface area (Å²) in [4.78, 5) is 22.3. The lowest BCUT2D eigenvalue weighted by molar-refractivity contribution is -0.160. The van der Waals surface area contributed by atoms with E-state index in [9.17, 15) is 18.7 Å². The molecule has 242 valence electrons. The number of piperidine rings is 1. The number of pyridine rings is 1. The average Bonchev–Trinajstić information content (AvgIpc) is 2.94. The molecular weight excluding hydrogens is 572 g/mol. The van der Waals surface area contributed by atoms with Crippen LogP contribution in [-0.4, -0.2) is 46.2 Å². The number of aryl methyl sites for hydroxylation is 3. The number of benzene rings is 2. The number of fused-ring (bicyclic) bond motifs is 1. The van der Waals surface area contributed by atoms with E-state index < -0.39 is 29.3 Å². The van der Waals surface area contributed by atoms with Crippen molar-refractivity contribution < 1.29 is 23.4 Å². The predicted molar refractivity (Wildman–Crippen MR) is 175 cm³/mol. The number of nitrogens with zero attached hydrogens (tertiary/aromatic N) is 3. The fraction of sp³-hybridized carbons (Fsp3) is 0.514. The van der Waals surface area contributed by atoms with Crippen molar-refractivity contribution in [2.24, 2.45) is 5.41 Å². The molecule has 3 aromatic rings. The number of ether oxygens (including phenoxy) is 1. The molecule has 0 saturated carbocycles. The van der Waals surface area contributed by atoms with Gasteiger partial charge in [-0.25, -0.2) is 13.6 Å². The molecule has 1 fully saturated rings. The van der Waals surface area contributed by atoms with Crippen LogP contribution in [0.5, 0.6) is 0 Å². The Balaban J connectivity index is 1.55. The molecule has 1 atom stereocenters. The van der Waals surface area contributed by atoms with E-state index in [4.69, 9.17) is 9.72 Å². The van der Waals surface area contributed by atoms with Crippen molar-refractivity contribution >= 4 is 11.7 Å². The molecule has 2 aliphatic heterocycles. The quantitative estimate of drug-likeness (QED) is 0.289. The normalized spacial score (nSPS) is 17.7. The van der Waals surface area contributed by atoms with Gasteiger partial charge in [0.2, 0.25) is 0 Å². The molecule has 0 unspecified atom stereocenters. The Bertz CT molecular complexity index is 1580. The molecule has 3 heterocycles. The second-order valence-electron chi connectivity index (χ2n) is 14.7. The molecule has 0 radical (unpaired) electrons. The van der Waals surface area contributed by atoms with Crippen LogP contribution in [0, 0.1) is 37.8 Å². The number of aromatic nitrogens is 1. The zero-order valence-electron chi connectivity index (χ0n) is 28.0. The maximum Gasteiger partial charge on any atom is 0.337 e. The highest BCUT2D eigenvalue weighted by atomic mass is 19.2. The number of rotatable bonds is 7. The Labute approximate surface area is 266 Å². The van der Waals surface area contributed by atoms with Crippen molar-refractivity contribution in [2.45, 2.75) is 99.4 Å². The first-order valence-electron chi connectivity index (χ1n) is 16.0. The highest BCUT2D eigenvalue weighted by Crippen LogP contribution is 2.45. The summed E-state index contributed by atoms with van der Waals surface area (Å²) in [7, 11) is 0. The largest absolute Gasteiger partial charge is 0.479 e. The van der Waals surface area contributed by atoms with Crippen LogP contribution in [0.1, 0.15) is 92.8 Å². The van der Waals surface area contributed by atoms with Gasteiger partial charge in [0.1, 0.15) is 0 Å². The summed E-state index contributed by atoms with van der Waals surface area (Å²) in [5, 5.41) is 10.5. The van der Waals surface area contributed by atoms with Crippen molar-refractivity contribution in [3.8, 4) is 11.1 Å². The third kappa shape index (κ3) is 7.23. The highest BCUT2D eigenvalue weighted by molar-refractivity contribution is 5.88. The van der Waals surface area contributed by atoms with Crippen LogP contribution in [0.3, 0.4) is 0 Å². The van der Waals surface area contributed by atoms with Gasteiger partial charge in [-0.1, -0.05) is 38.1 Å². The lowest BCUT2D eigenvalue weighted by atomic mass is 9.81. The van der Waals surface area contributed by atoms with Gasteiger partial charge in [-0.05, 0) is 100 Å². The lowest BCUT2D eigenvalue weighted by Gasteiger charge is -2.41. The SMILES string of the molecule is Cc1cc(CN2CCc3cc(-c4c(C)nc(C)c([C@H](OC(C)(C)C)C(=O)O)c4N4CCC(C)(C)CC4)ccc3C2)cc(F)c1F. The van der Waals surface area contributed by atoms with E-state index in [0.29, 0.717) is 29.9 Å². The van der Waals surface area contributed by atoms with Crippen molar-refractivity contribution in [1.29, 1.82) is 0 Å². The Hall–Kier alpha value is -3.36. The fourth-order valence-corrected chi connectivity index (χ4v) is 6.80. The van der Waals surface area contributed by atoms with E-state index in [1.807, 2.05) is 34.6 Å². The summed E-state index contributed by atoms with van der Waals surface area (Å²) in [5.74, 6) is -2.61. The molecule has 0 amide bonds. The summed E-state index contributed by atoms with van der Waals surface area (Å²) in [5.41, 5.74) is 8.13. The van der Waals surface area contributed by atoms with Crippen LogP contribution < -0.4 is 4.90 Å². The molecule has 0 spiro atoms. The Morgan fingerprint density at radius 2 is 1.71 bits per heavy atom. The van der Waals surface area contributed by atoms with Crippen molar-refractivity contribution in [3.05, 3.63) is 81.2 Å². The Kier molecular flexibility index (Phi) is 9.13. The number of carboxylic acids is 1. The second-order valence-corrected chi connectivity index (χ2v) is 14.7. The van der Waals surface area contributed by atoms with Crippen molar-refractivity contribution in [1.82, 2.24) is 9.88 Å². The molecule has 8 heteroatoms. The van der Waals surface area contributed by atoms with Gasteiger partial charge in [0.15, 0.2) is 17.7 Å². The smallest absolute Gasteiger partial charge is 0.337 e. The van der Waals surface area contributed by atoms with Gasteiger partial charge < -0.3 is 14.7 Å². The van der Waals surface area contributed by atoms with Crippen LogP contribution in [-0.2, 0) is 29.0 Å². The van der Waals surface area contributed by atoms with Crippen molar-refractivity contribution in [2.75, 3.05) is 24.5 Å². The van der Waals surface area contributed by atoms with E-state index in [2.05, 4.69) is 41.8 Å². The van der Waals surface area contributed by atoms with E-state index in [0.717, 1.165) is 67.0 Å². The molecule has 6 nitrogen and oxygen atoms in total. The number of hydrogen-bond acceptors (Lipinski definition) is 5. The van der Waals surface area contributed by atoms with E-state index >= 15 is 0 Å². The molecule has 1 N–H and O–H groups in total. The predicted octanol–water partition coefficient (Wildman–Crippen LogP) is 8.08. The molecule has 45 heavy (non-hydrogen) atoms. The lowest BCUT2D eigenvalue weighted by Crippen LogP contribution is -2.39. The average molecular weight is 620 g/mol. The highest BCUT2D eigenvalue weighted by Gasteiger charge is 2.36. The van der Waals surface area contributed by atoms with Gasteiger partial charge in [-0.2, -0.15) is 0 Å². The minimum atomic E-state index is -1.16. The fourth-order valence-electron chi connectivity index (χ4n) is 6.80. The van der Waals surface area contributed by atoms with E-state index in [1.54, 1.807) is 13.0 Å². The van der Waals surface area contributed by atoms with Gasteiger partial charge in [0.05, 0.1) is 11.3 Å². The first-order valence-corrected chi connectivity index (χ1v) is 16.0. The van der Waals surface area contributed by atoms with Crippen LogP contribution >= 0.6 is 0 Å². The monoisotopic (exact) mass is 619 g/mol. The molecule has 1 saturated heterocycles. The zero-order valence-corrected chi connectivity index (χ0v) is 28.0. The van der Waals surface area contributed by atoms with E-state index in [-0.39, 0.29) is 5.41 Å². The summed E-state index contributed by atoms with van der Waals surface area (Å²) in [6.45, 7) is 19.4. The third-order valence-corrected chi connectivity index (χ3v) is 9.23. The zero-order chi connectivity index (χ0) is 32.8. The first-order chi connectivity index (χ1) is 21.0.